The largest absolute Gasteiger partial charge is 0.514 e. The number of pyridine rings is 1. The van der Waals surface area contributed by atoms with Gasteiger partial charge >= 0.3 is 6.16 Å². The van der Waals surface area contributed by atoms with Crippen LogP contribution in [0.5, 0.6) is 5.75 Å². The van der Waals surface area contributed by atoms with Crippen molar-refractivity contribution in [2.24, 2.45) is 0 Å². The zero-order valence-electron chi connectivity index (χ0n) is 12.9. The lowest BCUT2D eigenvalue weighted by molar-refractivity contribution is 0.0731. The summed E-state index contributed by atoms with van der Waals surface area (Å²) in [6, 6.07) is 1.96. The highest BCUT2D eigenvalue weighted by molar-refractivity contribution is 5.88. The minimum absolute atomic E-state index is 0.145. The first kappa shape index (κ1) is 16.1. The number of ether oxygens (including phenoxy) is 2. The number of benzene rings is 1. The van der Waals surface area contributed by atoms with Crippen molar-refractivity contribution in [1.29, 1.82) is 0 Å². The molecule has 0 aliphatic heterocycles. The highest BCUT2D eigenvalue weighted by Crippen LogP contribution is 2.32. The quantitative estimate of drug-likeness (QED) is 0.793. The fourth-order valence-electron chi connectivity index (χ4n) is 2.15. The maximum absolute atomic E-state index is 13.5. The molecule has 22 heavy (non-hydrogen) atoms. The second-order valence-electron chi connectivity index (χ2n) is 5.17. The Kier molecular flexibility index (Phi) is 4.59. The van der Waals surface area contributed by atoms with Gasteiger partial charge in [0, 0.05) is 22.7 Å². The van der Waals surface area contributed by atoms with Gasteiger partial charge in [-0.1, -0.05) is 6.92 Å². The van der Waals surface area contributed by atoms with Crippen LogP contribution >= 0.6 is 0 Å². The molecule has 1 aromatic carbocycles. The standard InChI is InChI=1S/C16H17F2NO3/c1-5-13-9(4)15(22-16(20)21-8(2)3)10-6-11(17)12(18)7-14(10)19-13/h6-8H,5H2,1-4H3. The van der Waals surface area contributed by atoms with Crippen LogP contribution in [0.2, 0.25) is 0 Å². The van der Waals surface area contributed by atoms with E-state index in [-0.39, 0.29) is 22.8 Å². The average Bonchev–Trinajstić information content (AvgIpc) is 2.43. The monoisotopic (exact) mass is 309 g/mol. The number of nitrogens with zero attached hydrogens (tertiary/aromatic N) is 1. The molecule has 0 amide bonds. The van der Waals surface area contributed by atoms with E-state index in [1.165, 1.54) is 0 Å². The number of hydrogen-bond donors (Lipinski definition) is 0. The Labute approximate surface area is 127 Å². The molecular formula is C16H17F2NO3. The Morgan fingerprint density at radius 3 is 2.50 bits per heavy atom. The Bertz CT molecular complexity index is 729. The van der Waals surface area contributed by atoms with Crippen LogP contribution in [0, 0.1) is 18.6 Å². The molecule has 4 nitrogen and oxygen atoms in total. The number of fused-ring (bicyclic) bond motifs is 1. The molecule has 0 N–H and O–H groups in total. The summed E-state index contributed by atoms with van der Waals surface area (Å²) in [4.78, 5) is 16.0. The highest BCUT2D eigenvalue weighted by atomic mass is 19.2. The second kappa shape index (κ2) is 6.25. The Hall–Kier alpha value is -2.24. The van der Waals surface area contributed by atoms with E-state index in [0.29, 0.717) is 17.7 Å². The van der Waals surface area contributed by atoms with Crippen LogP contribution in [-0.2, 0) is 11.2 Å². The number of carbonyl (C=O) groups is 1. The van der Waals surface area contributed by atoms with E-state index in [0.717, 1.165) is 12.1 Å². The van der Waals surface area contributed by atoms with Gasteiger partial charge in [0.1, 0.15) is 5.75 Å². The van der Waals surface area contributed by atoms with Crippen molar-refractivity contribution in [3.63, 3.8) is 0 Å². The van der Waals surface area contributed by atoms with Gasteiger partial charge in [-0.2, -0.15) is 0 Å². The first-order valence-electron chi connectivity index (χ1n) is 7.00. The molecule has 0 bridgehead atoms. The molecule has 1 heterocycles. The predicted octanol–water partition coefficient (Wildman–Crippen LogP) is 4.31. The Balaban J connectivity index is 2.60. The van der Waals surface area contributed by atoms with Gasteiger partial charge in [-0.15, -0.1) is 0 Å². The molecule has 0 atom stereocenters. The van der Waals surface area contributed by atoms with E-state index in [9.17, 15) is 13.6 Å². The summed E-state index contributed by atoms with van der Waals surface area (Å²) in [6.45, 7) is 6.96. The van der Waals surface area contributed by atoms with Crippen molar-refractivity contribution < 1.29 is 23.0 Å². The summed E-state index contributed by atoms with van der Waals surface area (Å²) in [6.07, 6.45) is -0.672. The first-order chi connectivity index (χ1) is 10.3. The summed E-state index contributed by atoms with van der Waals surface area (Å²) < 4.78 is 37.1. The molecule has 0 aliphatic carbocycles. The third-order valence-electron chi connectivity index (χ3n) is 3.16. The fourth-order valence-corrected chi connectivity index (χ4v) is 2.15. The Morgan fingerprint density at radius 1 is 1.27 bits per heavy atom. The maximum Gasteiger partial charge on any atom is 0.514 e. The molecule has 118 valence electrons. The van der Waals surface area contributed by atoms with Gasteiger partial charge in [-0.05, 0) is 33.3 Å². The molecule has 0 radical (unpaired) electrons. The van der Waals surface area contributed by atoms with Crippen molar-refractivity contribution in [3.05, 3.63) is 35.0 Å². The summed E-state index contributed by atoms with van der Waals surface area (Å²) >= 11 is 0. The number of halogens is 2. The van der Waals surface area contributed by atoms with Crippen molar-refractivity contribution in [3.8, 4) is 5.75 Å². The van der Waals surface area contributed by atoms with Gasteiger partial charge in [0.05, 0.1) is 11.6 Å². The molecule has 0 aliphatic rings. The molecule has 0 saturated heterocycles. The zero-order chi connectivity index (χ0) is 16.4. The van der Waals surface area contributed by atoms with Gasteiger partial charge in [-0.25, -0.2) is 13.6 Å². The van der Waals surface area contributed by atoms with Gasteiger partial charge in [0.25, 0.3) is 0 Å². The second-order valence-corrected chi connectivity index (χ2v) is 5.17. The van der Waals surface area contributed by atoms with Crippen molar-refractivity contribution in [2.75, 3.05) is 0 Å². The molecule has 6 heteroatoms. The van der Waals surface area contributed by atoms with Gasteiger partial charge in [0.15, 0.2) is 11.6 Å². The van der Waals surface area contributed by atoms with Crippen molar-refractivity contribution in [2.45, 2.75) is 40.2 Å². The lowest BCUT2D eigenvalue weighted by Crippen LogP contribution is -2.17. The lowest BCUT2D eigenvalue weighted by Gasteiger charge is -2.14. The number of aryl methyl sites for hydroxylation is 1. The van der Waals surface area contributed by atoms with Crippen molar-refractivity contribution >= 4 is 17.1 Å². The van der Waals surface area contributed by atoms with E-state index < -0.39 is 17.8 Å². The third-order valence-corrected chi connectivity index (χ3v) is 3.16. The highest BCUT2D eigenvalue weighted by Gasteiger charge is 2.19. The van der Waals surface area contributed by atoms with Crippen LogP contribution in [0.4, 0.5) is 13.6 Å². The molecule has 0 saturated carbocycles. The summed E-state index contributed by atoms with van der Waals surface area (Å²) in [5, 5.41) is 0.231. The minimum Gasteiger partial charge on any atom is -0.431 e. The maximum atomic E-state index is 13.5. The first-order valence-corrected chi connectivity index (χ1v) is 7.00. The fraction of sp³-hybridized carbons (Fsp3) is 0.375. The minimum atomic E-state index is -1.03. The Morgan fingerprint density at radius 2 is 1.91 bits per heavy atom. The number of hydrogen-bond acceptors (Lipinski definition) is 4. The smallest absolute Gasteiger partial charge is 0.431 e. The van der Waals surface area contributed by atoms with E-state index in [4.69, 9.17) is 9.47 Å². The number of rotatable bonds is 3. The third kappa shape index (κ3) is 3.16. The molecule has 2 aromatic rings. The normalized spacial score (nSPS) is 11.0. The molecule has 2 rings (SSSR count). The zero-order valence-corrected chi connectivity index (χ0v) is 12.9. The molecule has 0 spiro atoms. The van der Waals surface area contributed by atoms with Crippen molar-refractivity contribution in [1.82, 2.24) is 4.98 Å². The van der Waals surface area contributed by atoms with E-state index in [1.54, 1.807) is 20.8 Å². The van der Waals surface area contributed by atoms with Crippen LogP contribution in [0.15, 0.2) is 12.1 Å². The molecular weight excluding hydrogens is 292 g/mol. The van der Waals surface area contributed by atoms with Crippen LogP contribution in [0.3, 0.4) is 0 Å². The van der Waals surface area contributed by atoms with Gasteiger partial charge in [-0.3, -0.25) is 4.98 Å². The van der Waals surface area contributed by atoms with Gasteiger partial charge in [0.2, 0.25) is 0 Å². The summed E-state index contributed by atoms with van der Waals surface area (Å²) in [5.41, 5.74) is 1.47. The van der Waals surface area contributed by atoms with Crippen LogP contribution in [-0.4, -0.2) is 17.2 Å². The van der Waals surface area contributed by atoms with Crippen LogP contribution in [0.25, 0.3) is 10.9 Å². The average molecular weight is 309 g/mol. The topological polar surface area (TPSA) is 48.4 Å². The summed E-state index contributed by atoms with van der Waals surface area (Å²) in [7, 11) is 0. The van der Waals surface area contributed by atoms with Crippen LogP contribution in [0.1, 0.15) is 32.0 Å². The van der Waals surface area contributed by atoms with E-state index in [2.05, 4.69) is 4.98 Å². The van der Waals surface area contributed by atoms with Gasteiger partial charge < -0.3 is 9.47 Å². The molecule has 0 unspecified atom stereocenters. The van der Waals surface area contributed by atoms with E-state index in [1.807, 2.05) is 6.92 Å². The molecule has 0 fully saturated rings. The predicted molar refractivity (Wildman–Crippen MR) is 78.0 cm³/mol. The summed E-state index contributed by atoms with van der Waals surface area (Å²) in [5.74, 6) is -1.88. The number of carbonyl (C=O) groups excluding carboxylic acids is 1. The van der Waals surface area contributed by atoms with E-state index >= 15 is 0 Å². The SMILES string of the molecule is CCc1nc2cc(F)c(F)cc2c(OC(=O)OC(C)C)c1C. The lowest BCUT2D eigenvalue weighted by atomic mass is 10.1. The molecule has 1 aromatic heterocycles. The number of aromatic nitrogens is 1. The van der Waals surface area contributed by atoms with Crippen LogP contribution < -0.4 is 4.74 Å².